The maximum atomic E-state index is 12.0. The van der Waals surface area contributed by atoms with Crippen molar-refractivity contribution in [3.05, 3.63) is 35.9 Å². The van der Waals surface area contributed by atoms with Crippen LogP contribution in [-0.4, -0.2) is 41.1 Å². The minimum absolute atomic E-state index is 0.270. The smallest absolute Gasteiger partial charge is 0.326 e. The van der Waals surface area contributed by atoms with Crippen molar-refractivity contribution in [1.82, 2.24) is 5.32 Å². The molecule has 23 heavy (non-hydrogen) atoms. The van der Waals surface area contributed by atoms with Crippen molar-refractivity contribution in [2.45, 2.75) is 38.1 Å². The van der Waals surface area contributed by atoms with Gasteiger partial charge in [-0.1, -0.05) is 30.3 Å². The van der Waals surface area contributed by atoms with Gasteiger partial charge in [-0.05, 0) is 12.5 Å². The lowest BCUT2D eigenvalue weighted by Crippen LogP contribution is -2.53. The molecule has 8 nitrogen and oxygen atoms in total. The first kappa shape index (κ1) is 18.6. The zero-order valence-electron chi connectivity index (χ0n) is 12.8. The second-order valence-electron chi connectivity index (χ2n) is 5.10. The number of aliphatic carboxylic acids is 1. The highest BCUT2D eigenvalue weighted by Crippen LogP contribution is 2.06. The first-order chi connectivity index (χ1) is 10.8. The Labute approximate surface area is 133 Å². The lowest BCUT2D eigenvalue weighted by atomic mass is 10.1. The summed E-state index contributed by atoms with van der Waals surface area (Å²) in [6, 6.07) is 6.84. The van der Waals surface area contributed by atoms with Gasteiger partial charge in [-0.2, -0.15) is 0 Å². The molecule has 0 bridgehead atoms. The van der Waals surface area contributed by atoms with Crippen LogP contribution in [0.3, 0.4) is 0 Å². The molecule has 0 fully saturated rings. The van der Waals surface area contributed by atoms with Gasteiger partial charge in [-0.25, -0.2) is 4.79 Å². The third-order valence-corrected chi connectivity index (χ3v) is 3.18. The van der Waals surface area contributed by atoms with Gasteiger partial charge in [0.2, 0.25) is 11.8 Å². The number of hydrogen-bond acceptors (Lipinski definition) is 5. The minimum Gasteiger partial charge on any atom is -0.480 e. The molecule has 3 unspecified atom stereocenters. The second kappa shape index (κ2) is 8.86. The molecular formula is C15H21N3O5. The van der Waals surface area contributed by atoms with E-state index >= 15 is 0 Å². The fourth-order valence-electron chi connectivity index (χ4n) is 1.79. The van der Waals surface area contributed by atoms with Crippen molar-refractivity contribution in [3.63, 3.8) is 0 Å². The van der Waals surface area contributed by atoms with E-state index in [0.717, 1.165) is 5.56 Å². The Bertz CT molecular complexity index is 549. The molecule has 1 aromatic carbocycles. The Morgan fingerprint density at radius 3 is 2.39 bits per heavy atom. The number of carbonyl (C=O) groups is 3. The summed E-state index contributed by atoms with van der Waals surface area (Å²) in [5, 5.41) is 11.1. The van der Waals surface area contributed by atoms with E-state index in [4.69, 9.17) is 21.3 Å². The number of ether oxygens (including phenoxy) is 1. The van der Waals surface area contributed by atoms with E-state index in [-0.39, 0.29) is 6.61 Å². The van der Waals surface area contributed by atoms with Gasteiger partial charge >= 0.3 is 5.97 Å². The summed E-state index contributed by atoms with van der Waals surface area (Å²) >= 11 is 0. The number of carbonyl (C=O) groups excluding carboxylic acids is 2. The van der Waals surface area contributed by atoms with Crippen LogP contribution in [0.4, 0.5) is 0 Å². The third kappa shape index (κ3) is 6.45. The summed E-state index contributed by atoms with van der Waals surface area (Å²) in [5.74, 6) is -2.92. The maximum Gasteiger partial charge on any atom is 0.326 e. The van der Waals surface area contributed by atoms with Crippen LogP contribution in [0.1, 0.15) is 18.9 Å². The number of benzene rings is 1. The molecule has 126 valence electrons. The summed E-state index contributed by atoms with van der Waals surface area (Å²) in [5.41, 5.74) is 11.6. The average Bonchev–Trinajstić information content (AvgIpc) is 2.51. The molecule has 6 N–H and O–H groups in total. The summed E-state index contributed by atoms with van der Waals surface area (Å²) in [4.78, 5) is 33.8. The summed E-state index contributed by atoms with van der Waals surface area (Å²) in [7, 11) is 0. The number of nitrogens with one attached hydrogen (secondary N) is 1. The van der Waals surface area contributed by atoms with Crippen LogP contribution in [0.15, 0.2) is 30.3 Å². The van der Waals surface area contributed by atoms with Gasteiger partial charge < -0.3 is 26.6 Å². The fourth-order valence-corrected chi connectivity index (χ4v) is 1.79. The first-order valence-corrected chi connectivity index (χ1v) is 7.04. The van der Waals surface area contributed by atoms with E-state index in [2.05, 4.69) is 5.32 Å². The molecule has 3 atom stereocenters. The molecule has 1 aromatic rings. The fraction of sp³-hybridized carbons (Fsp3) is 0.400. The van der Waals surface area contributed by atoms with E-state index in [1.165, 1.54) is 0 Å². The van der Waals surface area contributed by atoms with E-state index in [1.54, 1.807) is 6.92 Å². The first-order valence-electron chi connectivity index (χ1n) is 7.04. The predicted octanol–water partition coefficient (Wildman–Crippen LogP) is -0.636. The van der Waals surface area contributed by atoms with E-state index < -0.39 is 42.4 Å². The quantitative estimate of drug-likeness (QED) is 0.476. The maximum absolute atomic E-state index is 12.0. The summed E-state index contributed by atoms with van der Waals surface area (Å²) < 4.78 is 5.51. The van der Waals surface area contributed by atoms with Crippen molar-refractivity contribution in [2.75, 3.05) is 0 Å². The Morgan fingerprint density at radius 1 is 1.26 bits per heavy atom. The van der Waals surface area contributed by atoms with E-state index in [0.29, 0.717) is 0 Å². The standard InChI is InChI=1S/C15H21N3O5/c1-9(23-8-10-5-3-2-4-6-10)13(17)14(20)18-11(15(21)22)7-12(16)19/h2-6,9,11,13H,7-8,17H2,1H3,(H2,16,19)(H,18,20)(H,21,22). The Balaban J connectivity index is 2.53. The van der Waals surface area contributed by atoms with Gasteiger partial charge in [0.25, 0.3) is 0 Å². The summed E-state index contributed by atoms with van der Waals surface area (Å²) in [6.07, 6.45) is -1.15. The highest BCUT2D eigenvalue weighted by atomic mass is 16.5. The zero-order chi connectivity index (χ0) is 17.4. The van der Waals surface area contributed by atoms with Crippen molar-refractivity contribution in [2.24, 2.45) is 11.5 Å². The van der Waals surface area contributed by atoms with Crippen LogP contribution >= 0.6 is 0 Å². The lowest BCUT2D eigenvalue weighted by molar-refractivity contribution is -0.144. The minimum atomic E-state index is -1.41. The number of carboxylic acids is 1. The van der Waals surface area contributed by atoms with Gasteiger partial charge in [0.05, 0.1) is 19.1 Å². The number of hydrogen-bond donors (Lipinski definition) is 4. The number of nitrogens with two attached hydrogens (primary N) is 2. The van der Waals surface area contributed by atoms with Crippen LogP contribution < -0.4 is 16.8 Å². The molecule has 0 aromatic heterocycles. The summed E-state index contributed by atoms with van der Waals surface area (Å²) in [6.45, 7) is 1.88. The molecule has 0 radical (unpaired) electrons. The normalized spacial score (nSPS) is 14.5. The zero-order valence-corrected chi connectivity index (χ0v) is 12.8. The molecule has 2 amide bonds. The van der Waals surface area contributed by atoms with Crippen molar-refractivity contribution >= 4 is 17.8 Å². The van der Waals surface area contributed by atoms with Crippen LogP contribution in [0.25, 0.3) is 0 Å². The highest BCUT2D eigenvalue weighted by Gasteiger charge is 2.27. The number of carboxylic acid groups (broad SMARTS) is 1. The van der Waals surface area contributed by atoms with Gasteiger partial charge in [0.1, 0.15) is 12.1 Å². The highest BCUT2D eigenvalue weighted by molar-refractivity contribution is 5.90. The number of primary amides is 1. The monoisotopic (exact) mass is 323 g/mol. The van der Waals surface area contributed by atoms with Crippen LogP contribution in [0.2, 0.25) is 0 Å². The lowest BCUT2D eigenvalue weighted by Gasteiger charge is -2.22. The number of rotatable bonds is 9. The van der Waals surface area contributed by atoms with E-state index in [9.17, 15) is 14.4 Å². The van der Waals surface area contributed by atoms with Crippen LogP contribution in [-0.2, 0) is 25.7 Å². The van der Waals surface area contributed by atoms with Gasteiger partial charge in [0.15, 0.2) is 0 Å². The van der Waals surface area contributed by atoms with Gasteiger partial charge in [0, 0.05) is 0 Å². The van der Waals surface area contributed by atoms with Crippen molar-refractivity contribution in [3.8, 4) is 0 Å². The largest absolute Gasteiger partial charge is 0.480 e. The Morgan fingerprint density at radius 2 is 1.87 bits per heavy atom. The van der Waals surface area contributed by atoms with Crippen molar-refractivity contribution in [1.29, 1.82) is 0 Å². The molecule has 0 spiro atoms. The molecule has 8 heteroatoms. The van der Waals surface area contributed by atoms with Crippen molar-refractivity contribution < 1.29 is 24.2 Å². The Hall–Kier alpha value is -2.45. The molecule has 0 aliphatic heterocycles. The van der Waals surface area contributed by atoms with E-state index in [1.807, 2.05) is 30.3 Å². The topological polar surface area (TPSA) is 145 Å². The molecule has 0 saturated heterocycles. The van der Waals surface area contributed by atoms with Crippen LogP contribution in [0.5, 0.6) is 0 Å². The molecule has 0 saturated carbocycles. The third-order valence-electron chi connectivity index (χ3n) is 3.18. The van der Waals surface area contributed by atoms with Gasteiger partial charge in [-0.3, -0.25) is 9.59 Å². The van der Waals surface area contributed by atoms with Gasteiger partial charge in [-0.15, -0.1) is 0 Å². The predicted molar refractivity (Wildman–Crippen MR) is 82.0 cm³/mol. The second-order valence-corrected chi connectivity index (χ2v) is 5.10. The molecule has 0 aliphatic carbocycles. The number of amides is 2. The molecule has 0 aliphatic rings. The van der Waals surface area contributed by atoms with Crippen LogP contribution in [0, 0.1) is 0 Å². The molecular weight excluding hydrogens is 302 g/mol. The molecule has 1 rings (SSSR count). The molecule has 0 heterocycles. The SMILES string of the molecule is CC(OCc1ccccc1)C(N)C(=O)NC(CC(N)=O)C(=O)O. The average molecular weight is 323 g/mol. The Kier molecular flexibility index (Phi) is 7.17.